The highest BCUT2D eigenvalue weighted by Crippen LogP contribution is 2.33. The maximum Gasteiger partial charge on any atom is 0.573 e. The molecule has 10 heteroatoms. The van der Waals surface area contributed by atoms with Crippen molar-refractivity contribution in [2.45, 2.75) is 12.5 Å². The zero-order chi connectivity index (χ0) is 16.3. The van der Waals surface area contributed by atoms with Gasteiger partial charge in [-0.2, -0.15) is 13.2 Å². The van der Waals surface area contributed by atoms with Crippen molar-refractivity contribution in [2.24, 2.45) is 5.92 Å². The SMILES string of the molecule is O=C(O)C(COc1ccccc1OC(F)(F)F)C(F)(F)F. The number of hydrogen-bond donors (Lipinski definition) is 1. The molecule has 0 amide bonds. The number of carbonyl (C=O) groups is 1. The van der Waals surface area contributed by atoms with Gasteiger partial charge in [0.1, 0.15) is 6.61 Å². The molecule has 118 valence electrons. The third-order valence-electron chi connectivity index (χ3n) is 2.17. The molecule has 0 aliphatic heterocycles. The average Bonchev–Trinajstić information content (AvgIpc) is 2.27. The van der Waals surface area contributed by atoms with E-state index in [9.17, 15) is 31.1 Å². The van der Waals surface area contributed by atoms with Crippen LogP contribution in [0.1, 0.15) is 0 Å². The third kappa shape index (κ3) is 5.40. The van der Waals surface area contributed by atoms with E-state index in [2.05, 4.69) is 9.47 Å². The van der Waals surface area contributed by atoms with Gasteiger partial charge in [-0.05, 0) is 12.1 Å². The molecule has 0 heterocycles. The highest BCUT2D eigenvalue weighted by Gasteiger charge is 2.46. The Morgan fingerprint density at radius 2 is 1.62 bits per heavy atom. The molecule has 1 atom stereocenters. The molecular weight excluding hydrogens is 310 g/mol. The van der Waals surface area contributed by atoms with Gasteiger partial charge in [-0.1, -0.05) is 12.1 Å². The summed E-state index contributed by atoms with van der Waals surface area (Å²) >= 11 is 0. The summed E-state index contributed by atoms with van der Waals surface area (Å²) in [6.45, 7) is -1.38. The van der Waals surface area contributed by atoms with Gasteiger partial charge in [0.05, 0.1) is 0 Å². The summed E-state index contributed by atoms with van der Waals surface area (Å²) in [7, 11) is 0. The number of benzene rings is 1. The minimum atomic E-state index is -5.09. The summed E-state index contributed by atoms with van der Waals surface area (Å²) in [4.78, 5) is 10.5. The minimum Gasteiger partial charge on any atom is -0.488 e. The van der Waals surface area contributed by atoms with Crippen LogP contribution in [0, 0.1) is 5.92 Å². The number of carboxylic acids is 1. The molecule has 0 aromatic heterocycles. The summed E-state index contributed by atoms with van der Waals surface area (Å²) in [5, 5.41) is 8.43. The minimum absolute atomic E-state index is 0.648. The molecule has 0 saturated heterocycles. The van der Waals surface area contributed by atoms with Crippen molar-refractivity contribution in [3.8, 4) is 11.5 Å². The molecule has 0 aliphatic rings. The molecule has 4 nitrogen and oxygen atoms in total. The van der Waals surface area contributed by atoms with Crippen molar-refractivity contribution >= 4 is 5.97 Å². The largest absolute Gasteiger partial charge is 0.573 e. The van der Waals surface area contributed by atoms with Crippen molar-refractivity contribution in [1.82, 2.24) is 0 Å². The molecular formula is C11H8F6O4. The topological polar surface area (TPSA) is 55.8 Å². The quantitative estimate of drug-likeness (QED) is 0.847. The molecule has 0 fully saturated rings. The summed E-state index contributed by atoms with van der Waals surface area (Å²) in [5.41, 5.74) is 0. The first kappa shape index (κ1) is 16.9. The number of alkyl halides is 6. The van der Waals surface area contributed by atoms with E-state index < -0.39 is 42.5 Å². The fourth-order valence-electron chi connectivity index (χ4n) is 1.26. The summed E-state index contributed by atoms with van der Waals surface area (Å²) in [6.07, 6.45) is -10.2. The van der Waals surface area contributed by atoms with Crippen molar-refractivity contribution < 1.29 is 45.7 Å². The molecule has 1 aromatic carbocycles. The molecule has 1 unspecified atom stereocenters. The Morgan fingerprint density at radius 3 is 2.05 bits per heavy atom. The lowest BCUT2D eigenvalue weighted by Crippen LogP contribution is -2.35. The van der Waals surface area contributed by atoms with Crippen molar-refractivity contribution in [3.63, 3.8) is 0 Å². The summed E-state index contributed by atoms with van der Waals surface area (Å²) in [6, 6.07) is 4.09. The highest BCUT2D eigenvalue weighted by molar-refractivity contribution is 5.71. The van der Waals surface area contributed by atoms with Gasteiger partial charge in [-0.3, -0.25) is 4.79 Å². The van der Waals surface area contributed by atoms with Crippen molar-refractivity contribution in [3.05, 3.63) is 24.3 Å². The number of aliphatic carboxylic acids is 1. The average molecular weight is 318 g/mol. The van der Waals surface area contributed by atoms with Crippen LogP contribution in [-0.4, -0.2) is 30.2 Å². The van der Waals surface area contributed by atoms with E-state index in [1.807, 2.05) is 0 Å². The number of carboxylic acid groups (broad SMARTS) is 1. The molecule has 1 N–H and O–H groups in total. The highest BCUT2D eigenvalue weighted by atomic mass is 19.4. The lowest BCUT2D eigenvalue weighted by Gasteiger charge is -2.18. The smallest absolute Gasteiger partial charge is 0.488 e. The number of hydrogen-bond acceptors (Lipinski definition) is 3. The van der Waals surface area contributed by atoms with Gasteiger partial charge >= 0.3 is 18.5 Å². The van der Waals surface area contributed by atoms with Crippen LogP contribution < -0.4 is 9.47 Å². The van der Waals surface area contributed by atoms with Crippen LogP contribution in [0.5, 0.6) is 11.5 Å². The van der Waals surface area contributed by atoms with Gasteiger partial charge in [-0.15, -0.1) is 13.2 Å². The predicted molar refractivity (Wildman–Crippen MR) is 55.8 cm³/mol. The van der Waals surface area contributed by atoms with Gasteiger partial charge < -0.3 is 14.6 Å². The Balaban J connectivity index is 2.86. The Kier molecular flexibility index (Phi) is 4.92. The standard InChI is InChI=1S/C11H8F6O4/c12-10(13,14)6(9(18)19)5-20-7-3-1-2-4-8(7)21-11(15,16)17/h1-4,6H,5H2,(H,18,19). The Labute approximate surface area is 113 Å². The van der Waals surface area contributed by atoms with Crippen LogP contribution in [0.4, 0.5) is 26.3 Å². The van der Waals surface area contributed by atoms with E-state index in [4.69, 9.17) is 5.11 Å². The molecule has 0 bridgehead atoms. The first-order chi connectivity index (χ1) is 9.50. The van der Waals surface area contributed by atoms with Gasteiger partial charge in [0.2, 0.25) is 0 Å². The molecule has 0 saturated carbocycles. The second-order valence-electron chi connectivity index (χ2n) is 3.74. The predicted octanol–water partition coefficient (Wildman–Crippen LogP) is 3.23. The first-order valence-electron chi connectivity index (χ1n) is 5.28. The van der Waals surface area contributed by atoms with E-state index in [0.717, 1.165) is 18.2 Å². The van der Waals surface area contributed by atoms with E-state index in [1.54, 1.807) is 0 Å². The molecule has 21 heavy (non-hydrogen) atoms. The number of halogens is 6. The Bertz CT molecular complexity index is 496. The molecule has 0 radical (unpaired) electrons. The molecule has 1 aromatic rings. The Morgan fingerprint density at radius 1 is 1.10 bits per heavy atom. The van der Waals surface area contributed by atoms with Crippen molar-refractivity contribution in [2.75, 3.05) is 6.61 Å². The first-order valence-corrected chi connectivity index (χ1v) is 5.28. The van der Waals surface area contributed by atoms with Crippen molar-refractivity contribution in [1.29, 1.82) is 0 Å². The van der Waals surface area contributed by atoms with Crippen LogP contribution in [0.2, 0.25) is 0 Å². The van der Waals surface area contributed by atoms with Gasteiger partial charge in [0.25, 0.3) is 0 Å². The van der Waals surface area contributed by atoms with E-state index in [-0.39, 0.29) is 0 Å². The van der Waals surface area contributed by atoms with Crippen LogP contribution in [0.25, 0.3) is 0 Å². The monoisotopic (exact) mass is 318 g/mol. The van der Waals surface area contributed by atoms with Crippen LogP contribution in [0.15, 0.2) is 24.3 Å². The summed E-state index contributed by atoms with van der Waals surface area (Å²) < 4.78 is 81.4. The maximum absolute atomic E-state index is 12.4. The van der Waals surface area contributed by atoms with E-state index in [0.29, 0.717) is 0 Å². The Hall–Kier alpha value is -2.13. The number of ether oxygens (including phenoxy) is 2. The van der Waals surface area contributed by atoms with Crippen LogP contribution >= 0.6 is 0 Å². The normalized spacial score (nSPS) is 13.6. The van der Waals surface area contributed by atoms with Crippen LogP contribution in [-0.2, 0) is 4.79 Å². The molecule has 1 rings (SSSR count). The van der Waals surface area contributed by atoms with E-state index in [1.165, 1.54) is 6.07 Å². The number of rotatable bonds is 5. The summed E-state index contributed by atoms with van der Waals surface area (Å²) in [5.74, 6) is -6.57. The second-order valence-corrected chi connectivity index (χ2v) is 3.74. The molecule has 0 aliphatic carbocycles. The fraction of sp³-hybridized carbons (Fsp3) is 0.364. The lowest BCUT2D eigenvalue weighted by atomic mass is 10.1. The maximum atomic E-state index is 12.4. The fourth-order valence-corrected chi connectivity index (χ4v) is 1.26. The molecule has 0 spiro atoms. The zero-order valence-electron chi connectivity index (χ0n) is 10.0. The third-order valence-corrected chi connectivity index (χ3v) is 2.17. The zero-order valence-corrected chi connectivity index (χ0v) is 10.0. The number of para-hydroxylation sites is 2. The van der Waals surface area contributed by atoms with Gasteiger partial charge in [0.15, 0.2) is 17.4 Å². The van der Waals surface area contributed by atoms with Crippen LogP contribution in [0.3, 0.4) is 0 Å². The van der Waals surface area contributed by atoms with Gasteiger partial charge in [0, 0.05) is 0 Å². The van der Waals surface area contributed by atoms with E-state index >= 15 is 0 Å². The van der Waals surface area contributed by atoms with Gasteiger partial charge in [-0.25, -0.2) is 0 Å². The lowest BCUT2D eigenvalue weighted by molar-refractivity contribution is -0.275. The second kappa shape index (κ2) is 6.10.